The van der Waals surface area contributed by atoms with Gasteiger partial charge in [-0.05, 0) is 37.4 Å². The molecule has 0 aliphatic carbocycles. The maximum Gasteiger partial charge on any atom is 0.432 e. The van der Waals surface area contributed by atoms with Gasteiger partial charge in [-0.2, -0.15) is 13.2 Å². The Kier molecular flexibility index (Phi) is 11.9. The third-order valence-corrected chi connectivity index (χ3v) is 13.4. The van der Waals surface area contributed by atoms with Gasteiger partial charge in [0.15, 0.2) is 8.32 Å². The molecule has 0 aromatic heterocycles. The van der Waals surface area contributed by atoms with Gasteiger partial charge in [-0.15, -0.1) is 0 Å². The standard InChI is InChI=1S/C34H47F3O6Si/c1-24(2)16-14-15-21-28(43-31(39)33(40-5,34(35,36)37)27-19-12-9-13-20-27)29-25(22-41-30(29)38)23-42-44(6,7)32(3,4)26-17-10-8-11-18-26/h8-13,17-20,24-25,28-29H,14-16,21-23H2,1-7H3/t25-,28-,29+,33-/m0/s1. The van der Waals surface area contributed by atoms with E-state index in [9.17, 15) is 22.8 Å². The molecule has 1 saturated heterocycles. The molecule has 1 fully saturated rings. The number of hydrogen-bond donors (Lipinski definition) is 0. The van der Waals surface area contributed by atoms with Gasteiger partial charge in [0, 0.05) is 30.2 Å². The van der Waals surface area contributed by atoms with E-state index in [0.717, 1.165) is 25.5 Å². The van der Waals surface area contributed by atoms with Crippen LogP contribution in [0.3, 0.4) is 0 Å². The Morgan fingerprint density at radius 3 is 2.02 bits per heavy atom. The average molecular weight is 637 g/mol. The fraction of sp³-hybridized carbons (Fsp3) is 0.588. The van der Waals surface area contributed by atoms with Crippen molar-refractivity contribution in [3.63, 3.8) is 0 Å². The van der Waals surface area contributed by atoms with Crippen molar-refractivity contribution in [3.05, 3.63) is 71.8 Å². The first-order valence-electron chi connectivity index (χ1n) is 15.3. The first-order chi connectivity index (χ1) is 20.6. The van der Waals surface area contributed by atoms with E-state index in [2.05, 4.69) is 52.9 Å². The van der Waals surface area contributed by atoms with Crippen LogP contribution in [-0.2, 0) is 38.9 Å². The highest BCUT2D eigenvalue weighted by molar-refractivity contribution is 6.74. The van der Waals surface area contributed by atoms with Gasteiger partial charge in [-0.3, -0.25) is 4.79 Å². The van der Waals surface area contributed by atoms with Crippen LogP contribution in [0, 0.1) is 17.8 Å². The fourth-order valence-electron chi connectivity index (χ4n) is 5.70. The van der Waals surface area contributed by atoms with Crippen molar-refractivity contribution in [1.82, 2.24) is 0 Å². The van der Waals surface area contributed by atoms with Crippen molar-refractivity contribution in [3.8, 4) is 0 Å². The maximum atomic E-state index is 14.7. The molecule has 0 spiro atoms. The first-order valence-corrected chi connectivity index (χ1v) is 18.2. The zero-order chi connectivity index (χ0) is 32.8. The molecule has 1 heterocycles. The maximum absolute atomic E-state index is 14.7. The van der Waals surface area contributed by atoms with Gasteiger partial charge < -0.3 is 18.6 Å². The summed E-state index contributed by atoms with van der Waals surface area (Å²) in [5.74, 6) is -3.24. The van der Waals surface area contributed by atoms with Crippen molar-refractivity contribution in [1.29, 1.82) is 0 Å². The number of esters is 2. The van der Waals surface area contributed by atoms with Crippen LogP contribution in [0.5, 0.6) is 0 Å². The number of unbranched alkanes of at least 4 members (excludes halogenated alkanes) is 1. The molecule has 1 aliphatic heterocycles. The normalized spacial score (nSPS) is 19.8. The lowest BCUT2D eigenvalue weighted by Gasteiger charge is -2.41. The second kappa shape index (κ2) is 14.6. The number of ether oxygens (including phenoxy) is 3. The van der Waals surface area contributed by atoms with Gasteiger partial charge in [-0.25, -0.2) is 4.79 Å². The number of carbonyl (C=O) groups excluding carboxylic acids is 2. The van der Waals surface area contributed by atoms with Crippen molar-refractivity contribution in [2.45, 2.75) is 89.4 Å². The molecule has 0 N–H and O–H groups in total. The number of methoxy groups -OCH3 is 1. The van der Waals surface area contributed by atoms with Crippen LogP contribution in [0.1, 0.15) is 64.5 Å². The summed E-state index contributed by atoms with van der Waals surface area (Å²) >= 11 is 0. The minimum absolute atomic E-state index is 0.0349. The lowest BCUT2D eigenvalue weighted by molar-refractivity contribution is -0.279. The van der Waals surface area contributed by atoms with E-state index < -0.39 is 55.5 Å². The predicted molar refractivity (Wildman–Crippen MR) is 165 cm³/mol. The average Bonchev–Trinajstić information content (AvgIpc) is 3.34. The Hall–Kier alpha value is -2.69. The van der Waals surface area contributed by atoms with Gasteiger partial charge in [0.2, 0.25) is 0 Å². The van der Waals surface area contributed by atoms with Gasteiger partial charge in [0.05, 0.1) is 6.61 Å². The molecule has 10 heteroatoms. The number of hydrogen-bond acceptors (Lipinski definition) is 6. The highest BCUT2D eigenvalue weighted by Crippen LogP contribution is 2.44. The van der Waals surface area contributed by atoms with Gasteiger partial charge >= 0.3 is 18.1 Å². The molecule has 2 aromatic rings. The van der Waals surface area contributed by atoms with Crippen LogP contribution in [-0.4, -0.2) is 52.9 Å². The Bertz CT molecular complexity index is 1220. The largest absolute Gasteiger partial charge is 0.465 e. The van der Waals surface area contributed by atoms with E-state index in [-0.39, 0.29) is 24.7 Å². The number of rotatable bonds is 15. The lowest BCUT2D eigenvalue weighted by atomic mass is 9.87. The predicted octanol–water partition coefficient (Wildman–Crippen LogP) is 7.75. The summed E-state index contributed by atoms with van der Waals surface area (Å²) in [7, 11) is -1.62. The van der Waals surface area contributed by atoms with E-state index in [1.807, 2.05) is 18.2 Å². The number of cyclic esters (lactones) is 1. The topological polar surface area (TPSA) is 71.1 Å². The second-order valence-corrected chi connectivity index (χ2v) is 17.7. The molecular weight excluding hydrogens is 589 g/mol. The number of carbonyl (C=O) groups is 2. The summed E-state index contributed by atoms with van der Waals surface area (Å²) in [4.78, 5) is 26.8. The molecule has 44 heavy (non-hydrogen) atoms. The first kappa shape index (κ1) is 35.8. The fourth-order valence-corrected chi connectivity index (χ4v) is 7.56. The van der Waals surface area contributed by atoms with Gasteiger partial charge in [-0.1, -0.05) is 101 Å². The summed E-state index contributed by atoms with van der Waals surface area (Å²) < 4.78 is 66.7. The SMILES string of the molecule is CO[C@](C(=O)O[C@@H](CCCCC(C)C)[C@@H]1C(=O)OC[C@H]1CO[Si](C)(C)C(C)(C)c1ccccc1)(c1ccccc1)C(F)(F)F. The highest BCUT2D eigenvalue weighted by atomic mass is 28.4. The summed E-state index contributed by atoms with van der Waals surface area (Å²) in [6.07, 6.45) is -3.84. The smallest absolute Gasteiger partial charge is 0.432 e. The van der Waals surface area contributed by atoms with Crippen LogP contribution in [0.25, 0.3) is 0 Å². The van der Waals surface area contributed by atoms with Crippen molar-refractivity contribution in [2.24, 2.45) is 17.8 Å². The zero-order valence-electron chi connectivity index (χ0n) is 26.9. The molecule has 6 nitrogen and oxygen atoms in total. The Labute approximate surface area is 260 Å². The third-order valence-electron chi connectivity index (χ3n) is 9.23. The number of benzene rings is 2. The van der Waals surface area contributed by atoms with E-state index in [1.165, 1.54) is 24.3 Å². The zero-order valence-corrected chi connectivity index (χ0v) is 27.9. The molecule has 0 radical (unpaired) electrons. The molecule has 4 atom stereocenters. The van der Waals surface area contributed by atoms with Crippen LogP contribution in [0.4, 0.5) is 13.2 Å². The molecule has 0 saturated carbocycles. The summed E-state index contributed by atoms with van der Waals surface area (Å²) in [5, 5.41) is -0.281. The molecule has 0 amide bonds. The molecule has 1 aliphatic rings. The minimum Gasteiger partial charge on any atom is -0.465 e. The Morgan fingerprint density at radius 2 is 1.50 bits per heavy atom. The molecule has 0 bridgehead atoms. The van der Waals surface area contributed by atoms with Gasteiger partial charge in [0.25, 0.3) is 5.60 Å². The van der Waals surface area contributed by atoms with Gasteiger partial charge in [0.1, 0.15) is 12.0 Å². The quantitative estimate of drug-likeness (QED) is 0.113. The van der Waals surface area contributed by atoms with Crippen LogP contribution in [0.2, 0.25) is 13.1 Å². The number of halogens is 3. The van der Waals surface area contributed by atoms with Crippen molar-refractivity contribution < 1.29 is 41.4 Å². The van der Waals surface area contributed by atoms with Crippen LogP contribution < -0.4 is 0 Å². The lowest BCUT2D eigenvalue weighted by Crippen LogP contribution is -2.54. The van der Waals surface area contributed by atoms with Crippen LogP contribution >= 0.6 is 0 Å². The highest BCUT2D eigenvalue weighted by Gasteiger charge is 2.65. The Balaban J connectivity index is 1.90. The van der Waals surface area contributed by atoms with E-state index in [0.29, 0.717) is 12.3 Å². The summed E-state index contributed by atoms with van der Waals surface area (Å²) in [6.45, 7) is 12.8. The third kappa shape index (κ3) is 7.74. The van der Waals surface area contributed by atoms with Crippen molar-refractivity contribution in [2.75, 3.05) is 20.3 Å². The summed E-state index contributed by atoms with van der Waals surface area (Å²) in [6, 6.07) is 16.7. The summed E-state index contributed by atoms with van der Waals surface area (Å²) in [5.41, 5.74) is -2.62. The van der Waals surface area contributed by atoms with E-state index >= 15 is 0 Å². The number of alkyl halides is 3. The molecular formula is C34H47F3O6Si. The molecule has 244 valence electrons. The minimum atomic E-state index is -5.13. The van der Waals surface area contributed by atoms with E-state index in [4.69, 9.17) is 18.6 Å². The van der Waals surface area contributed by atoms with E-state index in [1.54, 1.807) is 6.07 Å². The molecule has 2 aromatic carbocycles. The second-order valence-electron chi connectivity index (χ2n) is 13.1. The Morgan fingerprint density at radius 1 is 0.955 bits per heavy atom. The van der Waals surface area contributed by atoms with Crippen molar-refractivity contribution >= 4 is 20.3 Å². The molecule has 3 rings (SSSR count). The van der Waals surface area contributed by atoms with Crippen LogP contribution in [0.15, 0.2) is 60.7 Å². The molecule has 0 unspecified atom stereocenters. The monoisotopic (exact) mass is 636 g/mol.